The van der Waals surface area contributed by atoms with E-state index < -0.39 is 46.6 Å². The molecule has 8 heteroatoms. The van der Waals surface area contributed by atoms with Crippen molar-refractivity contribution in [3.05, 3.63) is 46.2 Å². The van der Waals surface area contributed by atoms with Crippen LogP contribution in [0.5, 0.6) is 0 Å². The summed E-state index contributed by atoms with van der Waals surface area (Å²) < 4.78 is 30.0. The lowest BCUT2D eigenvalue weighted by molar-refractivity contribution is -0.269. The summed E-state index contributed by atoms with van der Waals surface area (Å²) in [4.78, 5) is 33.2. The first-order valence-corrected chi connectivity index (χ1v) is 13.7. The average Bonchev–Trinajstić information content (AvgIpc) is 3.50. The van der Waals surface area contributed by atoms with Gasteiger partial charge >= 0.3 is 0 Å². The topological polar surface area (TPSA) is 66.8 Å². The zero-order valence-electron chi connectivity index (χ0n) is 20.9. The molecule has 1 N–H and O–H groups in total. The summed E-state index contributed by atoms with van der Waals surface area (Å²) in [6, 6.07) is 3.96. The third-order valence-corrected chi connectivity index (χ3v) is 11.6. The number of alkyl halides is 2. The van der Waals surface area contributed by atoms with E-state index in [1.54, 1.807) is 22.5 Å². The van der Waals surface area contributed by atoms with Crippen LogP contribution in [0.25, 0.3) is 0 Å². The van der Waals surface area contributed by atoms with Crippen LogP contribution in [0.4, 0.5) is 8.78 Å². The van der Waals surface area contributed by atoms with Crippen molar-refractivity contribution in [1.29, 1.82) is 0 Å². The van der Waals surface area contributed by atoms with E-state index in [4.69, 9.17) is 4.84 Å². The number of nitrogens with zero attached hydrogens (tertiary/aromatic N) is 1. The molecule has 2 heterocycles. The summed E-state index contributed by atoms with van der Waals surface area (Å²) in [5.41, 5.74) is -3.20. The SMILES string of the molecule is CC12C=CC(=O)C=C1C(F)CC1C2C(O)CC2(C)C1(C)CC1CN(Cc3cccs3)OC12C(=O)CF. The van der Waals surface area contributed by atoms with E-state index in [0.29, 0.717) is 25.1 Å². The van der Waals surface area contributed by atoms with Crippen LogP contribution >= 0.6 is 11.3 Å². The fourth-order valence-corrected chi connectivity index (χ4v) is 9.85. The number of aliphatic hydroxyl groups is 1. The molecular weight excluding hydrogens is 484 g/mol. The molecule has 6 rings (SSSR count). The van der Waals surface area contributed by atoms with Crippen molar-refractivity contribution >= 4 is 22.9 Å². The van der Waals surface area contributed by atoms with E-state index >= 15 is 4.39 Å². The first-order chi connectivity index (χ1) is 17.0. The number of thiophene rings is 1. The fraction of sp³-hybridized carbons (Fsp3) is 0.643. The Bertz CT molecular complexity index is 1170. The van der Waals surface area contributed by atoms with Gasteiger partial charge in [0.15, 0.2) is 23.8 Å². The van der Waals surface area contributed by atoms with Crippen molar-refractivity contribution in [1.82, 2.24) is 5.06 Å². The normalized spacial score (nSPS) is 47.7. The number of aliphatic hydroxyl groups excluding tert-OH is 1. The molecule has 5 aliphatic rings. The number of halogens is 2. The van der Waals surface area contributed by atoms with Crippen LogP contribution in [0.2, 0.25) is 0 Å². The molecule has 0 radical (unpaired) electrons. The molecule has 5 nitrogen and oxygen atoms in total. The minimum atomic E-state index is -1.40. The monoisotopic (exact) mass is 517 g/mol. The van der Waals surface area contributed by atoms with Gasteiger partial charge in [-0.1, -0.05) is 32.9 Å². The maximum absolute atomic E-state index is 15.8. The first kappa shape index (κ1) is 24.6. The van der Waals surface area contributed by atoms with Gasteiger partial charge in [-0.3, -0.25) is 14.4 Å². The standard InChI is InChI=1S/C28H33F2NO4S/c1-25-7-6-17(32)9-19(25)21(30)10-20-24(25)22(33)12-27(3)26(20,2)11-16-14-31(15-18-5-4-8-36-18)35-28(16,27)23(34)13-29/h4-9,16,20-22,24,33H,10-15H2,1-3H3. The van der Waals surface area contributed by atoms with E-state index in [0.717, 1.165) is 4.88 Å². The number of ketones is 2. The number of hydrogen-bond acceptors (Lipinski definition) is 6. The first-order valence-electron chi connectivity index (χ1n) is 12.8. The second-order valence-corrected chi connectivity index (χ2v) is 13.2. The highest BCUT2D eigenvalue weighted by atomic mass is 32.1. The Morgan fingerprint density at radius 3 is 2.78 bits per heavy atom. The molecule has 1 aromatic heterocycles. The Morgan fingerprint density at radius 1 is 1.31 bits per heavy atom. The van der Waals surface area contributed by atoms with Gasteiger partial charge in [0.05, 0.1) is 12.6 Å². The van der Waals surface area contributed by atoms with Crippen molar-refractivity contribution in [2.24, 2.45) is 34.0 Å². The van der Waals surface area contributed by atoms with Crippen LogP contribution < -0.4 is 0 Å². The molecule has 1 saturated heterocycles. The Labute approximate surface area is 214 Å². The minimum absolute atomic E-state index is 0.169. The lowest BCUT2D eigenvalue weighted by Gasteiger charge is -2.64. The van der Waals surface area contributed by atoms with E-state index in [1.807, 2.05) is 31.4 Å². The zero-order chi connectivity index (χ0) is 25.7. The molecule has 0 aromatic carbocycles. The van der Waals surface area contributed by atoms with Crippen molar-refractivity contribution < 1.29 is 28.3 Å². The third kappa shape index (κ3) is 2.90. The van der Waals surface area contributed by atoms with Crippen LogP contribution in [0.1, 0.15) is 44.9 Å². The second-order valence-electron chi connectivity index (χ2n) is 12.2. The maximum Gasteiger partial charge on any atom is 0.198 e. The third-order valence-electron chi connectivity index (χ3n) is 10.8. The summed E-state index contributed by atoms with van der Waals surface area (Å²) >= 11 is 1.60. The lowest BCUT2D eigenvalue weighted by Crippen LogP contribution is -2.67. The number of rotatable bonds is 4. The van der Waals surface area contributed by atoms with Gasteiger partial charge in [0.2, 0.25) is 0 Å². The molecule has 9 atom stereocenters. The van der Waals surface area contributed by atoms with Gasteiger partial charge in [0.1, 0.15) is 6.17 Å². The molecule has 194 valence electrons. The molecule has 4 aliphatic carbocycles. The zero-order valence-corrected chi connectivity index (χ0v) is 21.7. The van der Waals surface area contributed by atoms with Crippen LogP contribution in [-0.2, 0) is 21.0 Å². The molecule has 0 bridgehead atoms. The minimum Gasteiger partial charge on any atom is -0.393 e. The van der Waals surface area contributed by atoms with E-state index in [-0.39, 0.29) is 36.4 Å². The quantitative estimate of drug-likeness (QED) is 0.632. The number of carbonyl (C=O) groups is 2. The number of hydrogen-bond donors (Lipinski definition) is 1. The highest BCUT2D eigenvalue weighted by molar-refractivity contribution is 7.09. The second kappa shape index (κ2) is 7.88. The van der Waals surface area contributed by atoms with Crippen LogP contribution in [0, 0.1) is 34.0 Å². The number of Topliss-reactive ketones (excluding diaryl/α,β-unsaturated/α-hetero) is 1. The van der Waals surface area contributed by atoms with Gasteiger partial charge in [0.25, 0.3) is 0 Å². The van der Waals surface area contributed by atoms with Gasteiger partial charge in [0, 0.05) is 34.1 Å². The fourth-order valence-electron chi connectivity index (χ4n) is 9.14. The van der Waals surface area contributed by atoms with Gasteiger partial charge in [-0.25, -0.2) is 8.78 Å². The van der Waals surface area contributed by atoms with Crippen LogP contribution in [0.3, 0.4) is 0 Å². The van der Waals surface area contributed by atoms with Gasteiger partial charge in [-0.2, -0.15) is 5.06 Å². The van der Waals surface area contributed by atoms with Gasteiger partial charge in [-0.05, 0) is 59.8 Å². The number of fused-ring (bicyclic) bond motifs is 7. The van der Waals surface area contributed by atoms with E-state index in [9.17, 15) is 19.1 Å². The van der Waals surface area contributed by atoms with Crippen molar-refractivity contribution in [3.63, 3.8) is 0 Å². The molecule has 1 aromatic rings. The van der Waals surface area contributed by atoms with Crippen molar-refractivity contribution in [2.75, 3.05) is 13.2 Å². The molecule has 1 aliphatic heterocycles. The number of allylic oxidation sites excluding steroid dienone is 4. The summed E-state index contributed by atoms with van der Waals surface area (Å²) in [6.45, 7) is 5.82. The smallest absolute Gasteiger partial charge is 0.198 e. The predicted molar refractivity (Wildman–Crippen MR) is 131 cm³/mol. The Balaban J connectivity index is 1.43. The Hall–Kier alpha value is -1.74. The average molecular weight is 518 g/mol. The lowest BCUT2D eigenvalue weighted by atomic mass is 9.41. The molecule has 9 unspecified atom stereocenters. The number of hydroxylamine groups is 2. The summed E-state index contributed by atoms with van der Waals surface area (Å²) in [7, 11) is 0. The van der Waals surface area contributed by atoms with Gasteiger partial charge in [-0.15, -0.1) is 11.3 Å². The Morgan fingerprint density at radius 2 is 2.08 bits per heavy atom. The molecular formula is C28H33F2NO4S. The largest absolute Gasteiger partial charge is 0.393 e. The molecule has 3 saturated carbocycles. The molecule has 0 spiro atoms. The highest BCUT2D eigenvalue weighted by Crippen LogP contribution is 2.76. The van der Waals surface area contributed by atoms with E-state index in [1.165, 1.54) is 12.2 Å². The molecule has 0 amide bonds. The highest BCUT2D eigenvalue weighted by Gasteiger charge is 2.79. The summed E-state index contributed by atoms with van der Waals surface area (Å²) in [6.07, 6.45) is 3.47. The Kier molecular flexibility index (Phi) is 5.38. The molecule has 4 fully saturated rings. The van der Waals surface area contributed by atoms with Gasteiger partial charge < -0.3 is 5.11 Å². The number of carbonyl (C=O) groups excluding carboxylic acids is 2. The summed E-state index contributed by atoms with van der Waals surface area (Å²) in [5, 5.41) is 15.5. The predicted octanol–water partition coefficient (Wildman–Crippen LogP) is 4.62. The van der Waals surface area contributed by atoms with Crippen LogP contribution in [0.15, 0.2) is 41.3 Å². The summed E-state index contributed by atoms with van der Waals surface area (Å²) in [5.74, 6) is -1.64. The molecule has 36 heavy (non-hydrogen) atoms. The van der Waals surface area contributed by atoms with Crippen molar-refractivity contribution in [2.45, 2.75) is 64.5 Å². The van der Waals surface area contributed by atoms with E-state index in [2.05, 4.69) is 6.92 Å². The van der Waals surface area contributed by atoms with Crippen molar-refractivity contribution in [3.8, 4) is 0 Å². The maximum atomic E-state index is 15.8. The van der Waals surface area contributed by atoms with Crippen LogP contribution in [-0.4, -0.2) is 52.8 Å².